The van der Waals surface area contributed by atoms with Crippen molar-refractivity contribution in [1.29, 1.82) is 0 Å². The maximum absolute atomic E-state index is 12.6. The highest BCUT2D eigenvalue weighted by molar-refractivity contribution is 5.93. The first-order chi connectivity index (χ1) is 12.2. The van der Waals surface area contributed by atoms with Gasteiger partial charge in [-0.1, -0.05) is 48.5 Å². The molecule has 0 N–H and O–H groups in total. The second kappa shape index (κ2) is 7.57. The number of para-hydroxylation sites is 1. The van der Waals surface area contributed by atoms with Crippen molar-refractivity contribution >= 4 is 11.6 Å². The van der Waals surface area contributed by atoms with Crippen molar-refractivity contribution < 1.29 is 4.79 Å². The van der Waals surface area contributed by atoms with Crippen LogP contribution in [0.3, 0.4) is 0 Å². The Morgan fingerprint density at radius 3 is 2.28 bits per heavy atom. The van der Waals surface area contributed by atoms with E-state index in [2.05, 4.69) is 4.98 Å². The molecular weight excluding hydrogens is 314 g/mol. The van der Waals surface area contributed by atoms with Crippen LogP contribution in [0.4, 0.5) is 5.69 Å². The summed E-state index contributed by atoms with van der Waals surface area (Å²) in [6.07, 6.45) is 1.43. The Morgan fingerprint density at radius 1 is 1.04 bits per heavy atom. The maximum Gasteiger partial charge on any atom is 0.254 e. The van der Waals surface area contributed by atoms with E-state index in [-0.39, 0.29) is 18.0 Å². The molecule has 0 aliphatic heterocycles. The zero-order chi connectivity index (χ0) is 17.6. The smallest absolute Gasteiger partial charge is 0.254 e. The van der Waals surface area contributed by atoms with E-state index < -0.39 is 0 Å². The van der Waals surface area contributed by atoms with Gasteiger partial charge in [-0.25, -0.2) is 4.98 Å². The van der Waals surface area contributed by atoms with Crippen LogP contribution in [0.25, 0.3) is 11.3 Å². The molecule has 0 saturated heterocycles. The minimum absolute atomic E-state index is 0.0381. The first-order valence-electron chi connectivity index (χ1n) is 8.16. The van der Waals surface area contributed by atoms with Crippen LogP contribution in [0.1, 0.15) is 6.92 Å². The number of aromatic nitrogens is 2. The maximum atomic E-state index is 12.6. The summed E-state index contributed by atoms with van der Waals surface area (Å²) in [5, 5.41) is 0. The number of carbonyl (C=O) groups is 1. The molecule has 1 amide bonds. The van der Waals surface area contributed by atoms with Crippen LogP contribution >= 0.6 is 0 Å². The summed E-state index contributed by atoms with van der Waals surface area (Å²) in [6, 6.07) is 20.4. The summed E-state index contributed by atoms with van der Waals surface area (Å²) in [5.41, 5.74) is 2.05. The third-order valence-electron chi connectivity index (χ3n) is 3.94. The Morgan fingerprint density at radius 2 is 1.68 bits per heavy atom. The van der Waals surface area contributed by atoms with Crippen molar-refractivity contribution in [3.63, 3.8) is 0 Å². The van der Waals surface area contributed by atoms with Gasteiger partial charge in [0.25, 0.3) is 5.56 Å². The number of amides is 1. The average Bonchev–Trinajstić information content (AvgIpc) is 2.65. The highest BCUT2D eigenvalue weighted by atomic mass is 16.2. The highest BCUT2D eigenvalue weighted by Gasteiger charge is 2.15. The molecule has 5 nitrogen and oxygen atoms in total. The van der Waals surface area contributed by atoms with Crippen LogP contribution in [-0.4, -0.2) is 22.0 Å². The first-order valence-corrected chi connectivity index (χ1v) is 8.16. The molecule has 0 bridgehead atoms. The number of carbonyl (C=O) groups excluding carboxylic acids is 1. The molecule has 0 fully saturated rings. The van der Waals surface area contributed by atoms with Crippen LogP contribution in [0.5, 0.6) is 0 Å². The van der Waals surface area contributed by atoms with Crippen molar-refractivity contribution in [3.8, 4) is 11.3 Å². The molecule has 25 heavy (non-hydrogen) atoms. The number of benzene rings is 2. The van der Waals surface area contributed by atoms with Crippen LogP contribution in [0, 0.1) is 0 Å². The van der Waals surface area contributed by atoms with Crippen molar-refractivity contribution in [2.75, 3.05) is 11.4 Å². The normalized spacial score (nSPS) is 10.4. The van der Waals surface area contributed by atoms with Crippen LogP contribution in [0.2, 0.25) is 0 Å². The van der Waals surface area contributed by atoms with E-state index in [4.69, 9.17) is 0 Å². The van der Waals surface area contributed by atoms with Crippen molar-refractivity contribution in [1.82, 2.24) is 9.55 Å². The van der Waals surface area contributed by atoms with Gasteiger partial charge in [-0.05, 0) is 19.1 Å². The number of nitrogens with zero attached hydrogens (tertiary/aromatic N) is 3. The zero-order valence-corrected chi connectivity index (χ0v) is 14.0. The average molecular weight is 333 g/mol. The van der Waals surface area contributed by atoms with Gasteiger partial charge < -0.3 is 4.90 Å². The van der Waals surface area contributed by atoms with Gasteiger partial charge in [0.05, 0.1) is 12.0 Å². The predicted octanol–water partition coefficient (Wildman–Crippen LogP) is 2.96. The summed E-state index contributed by atoms with van der Waals surface area (Å²) < 4.78 is 1.33. The Balaban J connectivity index is 1.81. The molecule has 5 heteroatoms. The molecule has 3 aromatic rings. The fourth-order valence-electron chi connectivity index (χ4n) is 2.65. The predicted molar refractivity (Wildman–Crippen MR) is 98.4 cm³/mol. The summed E-state index contributed by atoms with van der Waals surface area (Å²) >= 11 is 0. The summed E-state index contributed by atoms with van der Waals surface area (Å²) in [4.78, 5) is 30.9. The lowest BCUT2D eigenvalue weighted by Gasteiger charge is -2.21. The van der Waals surface area contributed by atoms with Gasteiger partial charge >= 0.3 is 0 Å². The number of rotatable bonds is 5. The molecule has 1 heterocycles. The van der Waals surface area contributed by atoms with Gasteiger partial charge in [-0.2, -0.15) is 0 Å². The Bertz CT molecular complexity index is 905. The number of hydrogen-bond acceptors (Lipinski definition) is 3. The molecule has 2 aromatic carbocycles. The van der Waals surface area contributed by atoms with Crippen LogP contribution < -0.4 is 10.5 Å². The van der Waals surface area contributed by atoms with Crippen LogP contribution in [0.15, 0.2) is 77.9 Å². The quantitative estimate of drug-likeness (QED) is 0.721. The topological polar surface area (TPSA) is 55.2 Å². The number of hydrogen-bond donors (Lipinski definition) is 0. The second-order valence-electron chi connectivity index (χ2n) is 5.58. The van der Waals surface area contributed by atoms with Gasteiger partial charge in [0.1, 0.15) is 6.54 Å². The van der Waals surface area contributed by atoms with E-state index in [1.807, 2.05) is 67.6 Å². The third kappa shape index (κ3) is 3.83. The molecule has 0 aliphatic rings. The fourth-order valence-corrected chi connectivity index (χ4v) is 2.65. The molecule has 0 spiro atoms. The molecule has 0 aliphatic carbocycles. The Hall–Kier alpha value is -3.21. The lowest BCUT2D eigenvalue weighted by Crippen LogP contribution is -2.36. The minimum atomic E-state index is -0.244. The standard InChI is InChI=1S/C20H19N3O2/c1-2-23(17-11-7-4-8-12-17)20(25)14-22-15-21-18(13-19(22)24)16-9-5-3-6-10-16/h3-13,15H,2,14H2,1H3. The molecule has 0 unspecified atom stereocenters. The largest absolute Gasteiger partial charge is 0.311 e. The monoisotopic (exact) mass is 333 g/mol. The number of anilines is 1. The van der Waals surface area contributed by atoms with Gasteiger partial charge in [-0.15, -0.1) is 0 Å². The lowest BCUT2D eigenvalue weighted by atomic mass is 10.1. The fraction of sp³-hybridized carbons (Fsp3) is 0.150. The Labute approximate surface area is 146 Å². The molecule has 0 saturated carbocycles. The van der Waals surface area contributed by atoms with E-state index in [0.29, 0.717) is 12.2 Å². The molecular formula is C20H19N3O2. The van der Waals surface area contributed by atoms with E-state index in [9.17, 15) is 9.59 Å². The number of likely N-dealkylation sites (N-methyl/N-ethyl adjacent to an activating group) is 1. The lowest BCUT2D eigenvalue weighted by molar-refractivity contribution is -0.119. The van der Waals surface area contributed by atoms with Crippen LogP contribution in [-0.2, 0) is 11.3 Å². The SMILES string of the molecule is CCN(C(=O)Cn1cnc(-c2ccccc2)cc1=O)c1ccccc1. The van der Waals surface area contributed by atoms with Gasteiger partial charge in [0, 0.05) is 23.9 Å². The zero-order valence-electron chi connectivity index (χ0n) is 14.0. The van der Waals surface area contributed by atoms with Crippen molar-refractivity contribution in [3.05, 3.63) is 83.4 Å². The highest BCUT2D eigenvalue weighted by Crippen LogP contribution is 2.15. The molecule has 126 valence electrons. The molecule has 0 atom stereocenters. The molecule has 1 aromatic heterocycles. The van der Waals surface area contributed by atoms with Gasteiger partial charge in [-0.3, -0.25) is 14.2 Å². The van der Waals surface area contributed by atoms with Gasteiger partial charge in [0.15, 0.2) is 0 Å². The van der Waals surface area contributed by atoms with Gasteiger partial charge in [0.2, 0.25) is 5.91 Å². The van der Waals surface area contributed by atoms with E-state index in [0.717, 1.165) is 11.3 Å². The van der Waals surface area contributed by atoms with Crippen molar-refractivity contribution in [2.45, 2.75) is 13.5 Å². The van der Waals surface area contributed by atoms with Crippen molar-refractivity contribution in [2.24, 2.45) is 0 Å². The summed E-state index contributed by atoms with van der Waals surface area (Å²) in [6.45, 7) is 2.40. The first kappa shape index (κ1) is 16.6. The Kier molecular flexibility index (Phi) is 5.04. The molecule has 3 rings (SSSR count). The summed E-state index contributed by atoms with van der Waals surface area (Å²) in [7, 11) is 0. The van der Waals surface area contributed by atoms with E-state index in [1.165, 1.54) is 17.0 Å². The molecule has 0 radical (unpaired) electrons. The third-order valence-corrected chi connectivity index (χ3v) is 3.94. The minimum Gasteiger partial charge on any atom is -0.311 e. The second-order valence-corrected chi connectivity index (χ2v) is 5.58. The van der Waals surface area contributed by atoms with E-state index in [1.54, 1.807) is 4.90 Å². The summed E-state index contributed by atoms with van der Waals surface area (Å²) in [5.74, 6) is -0.148. The van der Waals surface area contributed by atoms with E-state index >= 15 is 0 Å².